The van der Waals surface area contributed by atoms with E-state index in [9.17, 15) is 5.26 Å². The quantitative estimate of drug-likeness (QED) is 0.757. The van der Waals surface area contributed by atoms with E-state index >= 15 is 0 Å². The van der Waals surface area contributed by atoms with E-state index in [0.717, 1.165) is 19.4 Å². The second-order valence-corrected chi connectivity index (χ2v) is 6.58. The molecule has 0 aromatic rings. The Kier molecular flexibility index (Phi) is 3.16. The molecular weight excluding hydrogens is 184 g/mol. The largest absolute Gasteiger partial charge is 0.300 e. The Balaban J connectivity index is 2.95. The molecule has 0 heterocycles. The number of nitrogens with one attached hydrogen (secondary N) is 1. The molecule has 1 N–H and O–H groups in total. The van der Waals surface area contributed by atoms with Crippen LogP contribution in [0.4, 0.5) is 0 Å². The van der Waals surface area contributed by atoms with Gasteiger partial charge in [-0.15, -0.1) is 0 Å². The van der Waals surface area contributed by atoms with E-state index in [4.69, 9.17) is 0 Å². The van der Waals surface area contributed by atoms with Gasteiger partial charge >= 0.3 is 0 Å². The average molecular weight is 208 g/mol. The molecule has 0 unspecified atom stereocenters. The predicted molar refractivity (Wildman–Crippen MR) is 63.4 cm³/mol. The van der Waals surface area contributed by atoms with Gasteiger partial charge in [-0.05, 0) is 36.6 Å². The van der Waals surface area contributed by atoms with Gasteiger partial charge in [0, 0.05) is 0 Å². The monoisotopic (exact) mass is 208 g/mol. The van der Waals surface area contributed by atoms with Crippen molar-refractivity contribution in [3.63, 3.8) is 0 Å². The maximum absolute atomic E-state index is 9.42. The minimum absolute atomic E-state index is 0.264. The third-order valence-corrected chi connectivity index (χ3v) is 3.25. The van der Waals surface area contributed by atoms with Crippen molar-refractivity contribution in [3.8, 4) is 6.07 Å². The van der Waals surface area contributed by atoms with Gasteiger partial charge in [0.2, 0.25) is 0 Å². The zero-order valence-corrected chi connectivity index (χ0v) is 10.8. The van der Waals surface area contributed by atoms with E-state index in [0.29, 0.717) is 0 Å². The Hall–Kier alpha value is -0.550. The van der Waals surface area contributed by atoms with Gasteiger partial charge in [0.15, 0.2) is 0 Å². The van der Waals surface area contributed by atoms with E-state index in [1.54, 1.807) is 0 Å². The van der Waals surface area contributed by atoms with Gasteiger partial charge in [0.05, 0.1) is 6.07 Å². The summed E-state index contributed by atoms with van der Waals surface area (Å²) in [6.45, 7) is 12.1. The first-order valence-corrected chi connectivity index (χ1v) is 5.91. The maximum Gasteiger partial charge on any atom is 0.107 e. The molecule has 2 heteroatoms. The van der Waals surface area contributed by atoms with Crippen molar-refractivity contribution in [1.29, 1.82) is 5.26 Å². The van der Waals surface area contributed by atoms with Crippen LogP contribution in [0.5, 0.6) is 0 Å². The fraction of sp³-hybridized carbons (Fsp3) is 0.923. The summed E-state index contributed by atoms with van der Waals surface area (Å²) < 4.78 is 0. The van der Waals surface area contributed by atoms with Crippen molar-refractivity contribution in [1.82, 2.24) is 5.32 Å². The summed E-state index contributed by atoms with van der Waals surface area (Å²) in [6, 6.07) is 2.52. The third-order valence-electron chi connectivity index (χ3n) is 3.25. The van der Waals surface area contributed by atoms with Crippen LogP contribution in [0, 0.1) is 22.2 Å². The summed E-state index contributed by atoms with van der Waals surface area (Å²) in [5.74, 6) is 0. The van der Waals surface area contributed by atoms with Crippen molar-refractivity contribution in [2.24, 2.45) is 10.8 Å². The highest BCUT2D eigenvalue weighted by molar-refractivity contribution is 5.14. The zero-order valence-electron chi connectivity index (χ0n) is 10.8. The molecule has 86 valence electrons. The van der Waals surface area contributed by atoms with Gasteiger partial charge in [0.1, 0.15) is 5.54 Å². The lowest BCUT2D eigenvalue weighted by Gasteiger charge is -2.49. The first kappa shape index (κ1) is 12.5. The molecule has 0 aliphatic heterocycles. The predicted octanol–water partition coefficient (Wildman–Crippen LogP) is 3.09. The van der Waals surface area contributed by atoms with Crippen LogP contribution in [-0.2, 0) is 0 Å². The molecule has 0 saturated heterocycles. The number of rotatable bonds is 2. The Morgan fingerprint density at radius 3 is 1.87 bits per heavy atom. The van der Waals surface area contributed by atoms with Gasteiger partial charge in [-0.1, -0.05) is 34.6 Å². The number of nitriles is 1. The molecule has 1 saturated carbocycles. The zero-order chi connectivity index (χ0) is 11.7. The fourth-order valence-corrected chi connectivity index (χ4v) is 3.70. The lowest BCUT2D eigenvalue weighted by Crippen LogP contribution is -2.54. The summed E-state index contributed by atoms with van der Waals surface area (Å²) >= 11 is 0. The van der Waals surface area contributed by atoms with Crippen LogP contribution in [0.3, 0.4) is 0 Å². The molecule has 0 spiro atoms. The first-order valence-electron chi connectivity index (χ1n) is 5.91. The van der Waals surface area contributed by atoms with E-state index in [1.165, 1.54) is 6.42 Å². The molecular formula is C13H24N2. The highest BCUT2D eigenvalue weighted by atomic mass is 15.0. The summed E-state index contributed by atoms with van der Waals surface area (Å²) in [4.78, 5) is 0. The van der Waals surface area contributed by atoms with Crippen molar-refractivity contribution in [2.75, 3.05) is 6.54 Å². The Labute approximate surface area is 94.1 Å². The Morgan fingerprint density at radius 2 is 1.53 bits per heavy atom. The molecule has 1 aliphatic carbocycles. The van der Waals surface area contributed by atoms with E-state index in [1.807, 2.05) is 0 Å². The molecule has 0 atom stereocenters. The van der Waals surface area contributed by atoms with Crippen molar-refractivity contribution >= 4 is 0 Å². The summed E-state index contributed by atoms with van der Waals surface area (Å²) in [6.07, 6.45) is 3.14. The van der Waals surface area contributed by atoms with Crippen LogP contribution in [0.2, 0.25) is 0 Å². The maximum atomic E-state index is 9.42. The van der Waals surface area contributed by atoms with E-state index in [2.05, 4.69) is 46.0 Å². The second kappa shape index (κ2) is 3.79. The molecule has 0 bridgehead atoms. The SMILES string of the molecule is CCNC1(C#N)CC(C)(C)CC(C)(C)C1. The van der Waals surface area contributed by atoms with Crippen LogP contribution in [-0.4, -0.2) is 12.1 Å². The lowest BCUT2D eigenvalue weighted by atomic mass is 9.59. The summed E-state index contributed by atoms with van der Waals surface area (Å²) in [7, 11) is 0. The minimum Gasteiger partial charge on any atom is -0.300 e. The second-order valence-electron chi connectivity index (χ2n) is 6.58. The Bertz CT molecular complexity index is 255. The molecule has 0 aromatic carbocycles. The lowest BCUT2D eigenvalue weighted by molar-refractivity contribution is 0.0562. The highest BCUT2D eigenvalue weighted by Gasteiger charge is 2.47. The molecule has 1 aliphatic rings. The van der Waals surface area contributed by atoms with Gasteiger partial charge in [-0.25, -0.2) is 0 Å². The van der Waals surface area contributed by atoms with Crippen molar-refractivity contribution < 1.29 is 0 Å². The van der Waals surface area contributed by atoms with E-state index < -0.39 is 0 Å². The van der Waals surface area contributed by atoms with Gasteiger partial charge in [-0.3, -0.25) is 5.32 Å². The van der Waals surface area contributed by atoms with Gasteiger partial charge < -0.3 is 0 Å². The molecule has 1 rings (SSSR count). The Morgan fingerprint density at radius 1 is 1.07 bits per heavy atom. The van der Waals surface area contributed by atoms with Crippen LogP contribution < -0.4 is 5.32 Å². The van der Waals surface area contributed by atoms with Crippen molar-refractivity contribution in [2.45, 2.75) is 59.4 Å². The molecule has 0 aromatic heterocycles. The number of hydrogen-bond donors (Lipinski definition) is 1. The van der Waals surface area contributed by atoms with Crippen LogP contribution in [0.1, 0.15) is 53.9 Å². The molecule has 2 nitrogen and oxygen atoms in total. The topological polar surface area (TPSA) is 35.8 Å². The molecule has 0 radical (unpaired) electrons. The highest BCUT2D eigenvalue weighted by Crippen LogP contribution is 2.49. The summed E-state index contributed by atoms with van der Waals surface area (Å²) in [5.41, 5.74) is 0.222. The van der Waals surface area contributed by atoms with Crippen molar-refractivity contribution in [3.05, 3.63) is 0 Å². The summed E-state index contributed by atoms with van der Waals surface area (Å²) in [5, 5.41) is 12.8. The van der Waals surface area contributed by atoms with Crippen LogP contribution in [0.15, 0.2) is 0 Å². The molecule has 1 fully saturated rings. The normalized spacial score (nSPS) is 26.9. The standard InChI is InChI=1S/C13H24N2/c1-6-15-13(10-14)8-11(2,3)7-12(4,5)9-13/h15H,6-9H2,1-5H3. The van der Waals surface area contributed by atoms with Gasteiger partial charge in [-0.2, -0.15) is 5.26 Å². The third kappa shape index (κ3) is 2.95. The average Bonchev–Trinajstić information content (AvgIpc) is 1.98. The van der Waals surface area contributed by atoms with E-state index in [-0.39, 0.29) is 16.4 Å². The first-order chi connectivity index (χ1) is 6.74. The smallest absolute Gasteiger partial charge is 0.107 e. The van der Waals surface area contributed by atoms with Crippen LogP contribution >= 0.6 is 0 Å². The molecule has 15 heavy (non-hydrogen) atoms. The fourth-order valence-electron chi connectivity index (χ4n) is 3.70. The van der Waals surface area contributed by atoms with Gasteiger partial charge in [0.25, 0.3) is 0 Å². The number of nitrogens with zero attached hydrogens (tertiary/aromatic N) is 1. The number of hydrogen-bond acceptors (Lipinski definition) is 2. The minimum atomic E-state index is -0.306. The van der Waals surface area contributed by atoms with Crippen LogP contribution in [0.25, 0.3) is 0 Å². The molecule has 0 amide bonds.